The molecule has 24 heavy (non-hydrogen) atoms. The van der Waals surface area contributed by atoms with Gasteiger partial charge in [-0.25, -0.2) is 0 Å². The molecule has 7 heteroatoms. The molecule has 0 radical (unpaired) electrons. The number of rotatable bonds is 5. The van der Waals surface area contributed by atoms with Crippen molar-refractivity contribution in [1.29, 1.82) is 0 Å². The van der Waals surface area contributed by atoms with Gasteiger partial charge < -0.3 is 22.1 Å². The number of hydrogen-bond donors (Lipinski definition) is 4. The summed E-state index contributed by atoms with van der Waals surface area (Å²) in [6, 6.07) is 14.8. The first kappa shape index (κ1) is 15.5. The second kappa shape index (κ2) is 6.82. The first-order valence-electron chi connectivity index (χ1n) is 7.62. The number of benzene rings is 2. The van der Waals surface area contributed by atoms with Crippen LogP contribution >= 0.6 is 0 Å². The summed E-state index contributed by atoms with van der Waals surface area (Å²) in [6.45, 7) is 2.00. The van der Waals surface area contributed by atoms with Crippen LogP contribution in [0.5, 0.6) is 0 Å². The zero-order valence-electron chi connectivity index (χ0n) is 13.3. The average Bonchev–Trinajstić information content (AvgIpc) is 2.59. The van der Waals surface area contributed by atoms with Crippen LogP contribution in [0, 0.1) is 0 Å². The van der Waals surface area contributed by atoms with E-state index in [1.54, 1.807) is 0 Å². The molecule has 0 unspecified atom stereocenters. The van der Waals surface area contributed by atoms with E-state index in [2.05, 4.69) is 25.6 Å². The summed E-state index contributed by atoms with van der Waals surface area (Å²) in [7, 11) is 0. The molecule has 7 nitrogen and oxygen atoms in total. The molecule has 0 bridgehead atoms. The van der Waals surface area contributed by atoms with Crippen molar-refractivity contribution in [3.8, 4) is 0 Å². The molecule has 0 fully saturated rings. The van der Waals surface area contributed by atoms with Gasteiger partial charge in [0.25, 0.3) is 0 Å². The number of nitrogens with zero attached hydrogens (tertiary/aromatic N) is 3. The standard InChI is InChI=1S/C17H19N7/c1-2-15-22-16(20-13-7-3-11(18)4-8-13)24-17(23-15)21-14-9-5-12(19)6-10-14/h3-10H,2,18-19H2,1H3,(H2,20,21,22,23,24). The van der Waals surface area contributed by atoms with Gasteiger partial charge in [-0.3, -0.25) is 0 Å². The van der Waals surface area contributed by atoms with E-state index >= 15 is 0 Å². The van der Waals surface area contributed by atoms with Crippen molar-refractivity contribution in [1.82, 2.24) is 15.0 Å². The molecule has 0 atom stereocenters. The third kappa shape index (κ3) is 3.89. The molecule has 0 spiro atoms. The Labute approximate surface area is 140 Å². The van der Waals surface area contributed by atoms with Crippen molar-refractivity contribution in [3.63, 3.8) is 0 Å². The minimum atomic E-state index is 0.476. The Kier molecular flexibility index (Phi) is 4.42. The maximum absolute atomic E-state index is 5.70. The van der Waals surface area contributed by atoms with Crippen molar-refractivity contribution in [2.45, 2.75) is 13.3 Å². The Morgan fingerprint density at radius 3 is 1.50 bits per heavy atom. The number of nitrogen functional groups attached to an aromatic ring is 2. The highest BCUT2D eigenvalue weighted by Gasteiger charge is 2.06. The SMILES string of the molecule is CCc1nc(Nc2ccc(N)cc2)nc(Nc2ccc(N)cc2)n1. The summed E-state index contributed by atoms with van der Waals surface area (Å²) in [4.78, 5) is 13.2. The van der Waals surface area contributed by atoms with E-state index in [9.17, 15) is 0 Å². The minimum Gasteiger partial charge on any atom is -0.399 e. The van der Waals surface area contributed by atoms with Crippen LogP contribution in [0.3, 0.4) is 0 Å². The minimum absolute atomic E-state index is 0.476. The summed E-state index contributed by atoms with van der Waals surface area (Å²) >= 11 is 0. The number of anilines is 6. The lowest BCUT2D eigenvalue weighted by atomic mass is 10.3. The summed E-state index contributed by atoms with van der Waals surface area (Å²) in [5.74, 6) is 1.65. The predicted octanol–water partition coefficient (Wildman–Crippen LogP) is 3.09. The van der Waals surface area contributed by atoms with Gasteiger partial charge in [-0.15, -0.1) is 0 Å². The summed E-state index contributed by atoms with van der Waals surface area (Å²) in [5, 5.41) is 6.33. The van der Waals surface area contributed by atoms with Gasteiger partial charge in [0, 0.05) is 29.2 Å². The summed E-state index contributed by atoms with van der Waals surface area (Å²) in [5.41, 5.74) is 14.5. The van der Waals surface area contributed by atoms with Gasteiger partial charge in [-0.1, -0.05) is 6.92 Å². The lowest BCUT2D eigenvalue weighted by Crippen LogP contribution is -2.07. The average molecular weight is 321 g/mol. The van der Waals surface area contributed by atoms with Crippen LogP contribution in [0.25, 0.3) is 0 Å². The number of hydrogen-bond acceptors (Lipinski definition) is 7. The molecule has 3 rings (SSSR count). The van der Waals surface area contributed by atoms with Gasteiger partial charge in [0.15, 0.2) is 0 Å². The van der Waals surface area contributed by atoms with Crippen LogP contribution in [-0.4, -0.2) is 15.0 Å². The fourth-order valence-electron chi connectivity index (χ4n) is 2.08. The molecule has 2 aromatic carbocycles. The third-order valence-corrected chi connectivity index (χ3v) is 3.33. The molecule has 3 aromatic rings. The van der Waals surface area contributed by atoms with E-state index in [1.165, 1.54) is 0 Å². The lowest BCUT2D eigenvalue weighted by molar-refractivity contribution is 0.910. The molecule has 0 aliphatic rings. The van der Waals surface area contributed by atoms with Gasteiger partial charge in [0.1, 0.15) is 5.82 Å². The molecular formula is C17H19N7. The maximum atomic E-state index is 5.70. The van der Waals surface area contributed by atoms with E-state index in [0.29, 0.717) is 35.5 Å². The van der Waals surface area contributed by atoms with Crippen molar-refractivity contribution in [2.75, 3.05) is 22.1 Å². The van der Waals surface area contributed by atoms with Crippen LogP contribution in [0.2, 0.25) is 0 Å². The second-order valence-electron chi connectivity index (χ2n) is 5.25. The third-order valence-electron chi connectivity index (χ3n) is 3.33. The summed E-state index contributed by atoms with van der Waals surface area (Å²) < 4.78 is 0. The highest BCUT2D eigenvalue weighted by Crippen LogP contribution is 2.19. The predicted molar refractivity (Wildman–Crippen MR) is 97.5 cm³/mol. The van der Waals surface area contributed by atoms with Crippen LogP contribution in [0.15, 0.2) is 48.5 Å². The summed E-state index contributed by atoms with van der Waals surface area (Å²) in [6.07, 6.45) is 0.704. The highest BCUT2D eigenvalue weighted by molar-refractivity contribution is 5.60. The van der Waals surface area contributed by atoms with Crippen LogP contribution in [0.4, 0.5) is 34.6 Å². The largest absolute Gasteiger partial charge is 0.399 e. The van der Waals surface area contributed by atoms with Gasteiger partial charge in [-0.2, -0.15) is 15.0 Å². The van der Waals surface area contributed by atoms with Gasteiger partial charge >= 0.3 is 0 Å². The van der Waals surface area contributed by atoms with E-state index < -0.39 is 0 Å². The first-order valence-corrected chi connectivity index (χ1v) is 7.62. The second-order valence-corrected chi connectivity index (χ2v) is 5.25. The van der Waals surface area contributed by atoms with Crippen molar-refractivity contribution in [3.05, 3.63) is 54.4 Å². The van der Waals surface area contributed by atoms with Gasteiger partial charge in [-0.05, 0) is 48.5 Å². The normalized spacial score (nSPS) is 10.4. The van der Waals surface area contributed by atoms with E-state index in [1.807, 2.05) is 55.5 Å². The number of aryl methyl sites for hydroxylation is 1. The molecule has 0 saturated carbocycles. The number of nitrogens with two attached hydrogens (primary N) is 2. The Hall–Kier alpha value is -3.35. The van der Waals surface area contributed by atoms with Crippen molar-refractivity contribution < 1.29 is 0 Å². The molecule has 0 saturated heterocycles. The van der Waals surface area contributed by atoms with Crippen LogP contribution in [-0.2, 0) is 6.42 Å². The molecular weight excluding hydrogens is 302 g/mol. The molecule has 0 aliphatic heterocycles. The molecule has 0 aliphatic carbocycles. The van der Waals surface area contributed by atoms with Crippen molar-refractivity contribution in [2.24, 2.45) is 0 Å². The molecule has 122 valence electrons. The quantitative estimate of drug-likeness (QED) is 0.534. The smallest absolute Gasteiger partial charge is 0.232 e. The number of aromatic nitrogens is 3. The molecule has 6 N–H and O–H groups in total. The lowest BCUT2D eigenvalue weighted by Gasteiger charge is -2.10. The Bertz CT molecular complexity index is 748. The fourth-order valence-corrected chi connectivity index (χ4v) is 2.08. The van der Waals surface area contributed by atoms with E-state index in [0.717, 1.165) is 11.4 Å². The highest BCUT2D eigenvalue weighted by atomic mass is 15.2. The fraction of sp³-hybridized carbons (Fsp3) is 0.118. The van der Waals surface area contributed by atoms with E-state index in [-0.39, 0.29) is 0 Å². The zero-order valence-corrected chi connectivity index (χ0v) is 13.3. The van der Waals surface area contributed by atoms with Gasteiger partial charge in [0.05, 0.1) is 0 Å². The van der Waals surface area contributed by atoms with Crippen LogP contribution < -0.4 is 22.1 Å². The Morgan fingerprint density at radius 2 is 1.12 bits per heavy atom. The van der Waals surface area contributed by atoms with Crippen LogP contribution in [0.1, 0.15) is 12.7 Å². The van der Waals surface area contributed by atoms with Gasteiger partial charge in [0.2, 0.25) is 11.9 Å². The Balaban J connectivity index is 1.84. The Morgan fingerprint density at radius 1 is 0.708 bits per heavy atom. The molecule has 0 amide bonds. The number of nitrogens with one attached hydrogen (secondary N) is 2. The first-order chi connectivity index (χ1) is 11.6. The molecule has 1 heterocycles. The van der Waals surface area contributed by atoms with Crippen molar-refractivity contribution >= 4 is 34.6 Å². The monoisotopic (exact) mass is 321 g/mol. The zero-order chi connectivity index (χ0) is 16.9. The topological polar surface area (TPSA) is 115 Å². The maximum Gasteiger partial charge on any atom is 0.232 e. The molecule has 1 aromatic heterocycles. The van der Waals surface area contributed by atoms with E-state index in [4.69, 9.17) is 11.5 Å².